The van der Waals surface area contributed by atoms with Gasteiger partial charge in [-0.25, -0.2) is 4.39 Å². The molecule has 178 valence electrons. The molecule has 8 heteroatoms. The molecule has 4 aromatic rings. The van der Waals surface area contributed by atoms with E-state index in [1.807, 2.05) is 48.2 Å². The maximum atomic E-state index is 13.9. The second kappa shape index (κ2) is 10.4. The molecule has 1 aliphatic rings. The second-order valence-electron chi connectivity index (χ2n) is 8.57. The van der Waals surface area contributed by atoms with Gasteiger partial charge < -0.3 is 9.62 Å². The first-order valence-electron chi connectivity index (χ1n) is 11.6. The standard InChI is InChI=1S/C27H26FN5OS/c1-19-17-21(9-10-23(19)31-35-25-8-2-5-20-6-3-12-30-26(20)25)27(34)33-15-13-32(14-16-33)18-24-22(28)7-4-11-29-24/h2-12,17,31H,13-16,18H2,1H3. The second-order valence-corrected chi connectivity index (χ2v) is 9.41. The number of amides is 1. The number of nitrogens with zero attached hydrogens (tertiary/aromatic N) is 4. The molecule has 0 spiro atoms. The van der Waals surface area contributed by atoms with Gasteiger partial charge in [-0.1, -0.05) is 18.2 Å². The molecule has 0 radical (unpaired) electrons. The summed E-state index contributed by atoms with van der Waals surface area (Å²) >= 11 is 1.52. The zero-order valence-corrected chi connectivity index (χ0v) is 20.3. The minimum atomic E-state index is -0.287. The number of hydrogen-bond donors (Lipinski definition) is 1. The van der Waals surface area contributed by atoms with Crippen molar-refractivity contribution in [3.8, 4) is 0 Å². The van der Waals surface area contributed by atoms with Gasteiger partial charge >= 0.3 is 0 Å². The van der Waals surface area contributed by atoms with Crippen LogP contribution in [0.2, 0.25) is 0 Å². The topological polar surface area (TPSA) is 61.4 Å². The molecule has 1 N–H and O–H groups in total. The Bertz CT molecular complexity index is 1350. The molecule has 3 heterocycles. The molecule has 35 heavy (non-hydrogen) atoms. The zero-order chi connectivity index (χ0) is 24.2. The van der Waals surface area contributed by atoms with Crippen molar-refractivity contribution in [2.24, 2.45) is 0 Å². The van der Waals surface area contributed by atoms with Crippen LogP contribution in [-0.2, 0) is 6.54 Å². The summed E-state index contributed by atoms with van der Waals surface area (Å²) in [5.74, 6) is -0.265. The number of fused-ring (bicyclic) bond motifs is 1. The first-order valence-corrected chi connectivity index (χ1v) is 12.4. The summed E-state index contributed by atoms with van der Waals surface area (Å²) in [5, 5.41) is 1.10. The summed E-state index contributed by atoms with van der Waals surface area (Å²) in [5.41, 5.74) is 4.04. The van der Waals surface area contributed by atoms with Crippen LogP contribution in [0.4, 0.5) is 10.1 Å². The highest BCUT2D eigenvalue weighted by atomic mass is 32.2. The molecule has 2 aromatic carbocycles. The molecule has 1 aliphatic heterocycles. The van der Waals surface area contributed by atoms with Gasteiger partial charge in [-0.05, 0) is 66.9 Å². The number of rotatable bonds is 6. The number of aryl methyl sites for hydroxylation is 1. The van der Waals surface area contributed by atoms with Crippen LogP contribution >= 0.6 is 11.9 Å². The molecule has 0 atom stereocenters. The van der Waals surface area contributed by atoms with Crippen LogP contribution in [0.5, 0.6) is 0 Å². The summed E-state index contributed by atoms with van der Waals surface area (Å²) in [6.45, 7) is 5.05. The van der Waals surface area contributed by atoms with E-state index in [9.17, 15) is 9.18 Å². The Hall–Kier alpha value is -3.49. The average Bonchev–Trinajstić information content (AvgIpc) is 2.89. The Morgan fingerprint density at radius 2 is 1.77 bits per heavy atom. The van der Waals surface area contributed by atoms with Gasteiger partial charge in [0, 0.05) is 61.8 Å². The van der Waals surface area contributed by atoms with E-state index in [0.29, 0.717) is 44.0 Å². The number of piperazine rings is 1. The average molecular weight is 488 g/mol. The van der Waals surface area contributed by atoms with Crippen molar-refractivity contribution in [1.82, 2.24) is 19.8 Å². The van der Waals surface area contributed by atoms with Gasteiger partial charge in [0.25, 0.3) is 5.91 Å². The predicted molar refractivity (Wildman–Crippen MR) is 138 cm³/mol. The van der Waals surface area contributed by atoms with Crippen LogP contribution in [0.25, 0.3) is 10.9 Å². The summed E-state index contributed by atoms with van der Waals surface area (Å²) < 4.78 is 17.3. The first kappa shape index (κ1) is 23.3. The Morgan fingerprint density at radius 3 is 2.57 bits per heavy atom. The van der Waals surface area contributed by atoms with E-state index in [1.165, 1.54) is 18.0 Å². The monoisotopic (exact) mass is 487 g/mol. The molecular formula is C27H26FN5OS. The van der Waals surface area contributed by atoms with Crippen molar-refractivity contribution in [1.29, 1.82) is 0 Å². The van der Waals surface area contributed by atoms with Crippen LogP contribution < -0.4 is 4.72 Å². The quantitative estimate of drug-likeness (QED) is 0.380. The molecule has 6 nitrogen and oxygen atoms in total. The number of aromatic nitrogens is 2. The Morgan fingerprint density at radius 1 is 1.00 bits per heavy atom. The van der Waals surface area contributed by atoms with Crippen molar-refractivity contribution in [3.05, 3.63) is 95.7 Å². The molecule has 1 fully saturated rings. The third-order valence-corrected chi connectivity index (χ3v) is 7.08. The maximum Gasteiger partial charge on any atom is 0.253 e. The van der Waals surface area contributed by atoms with Crippen LogP contribution in [0.15, 0.2) is 78.0 Å². The third kappa shape index (κ3) is 5.28. The van der Waals surface area contributed by atoms with Crippen molar-refractivity contribution in [2.75, 3.05) is 30.9 Å². The number of hydrogen-bond acceptors (Lipinski definition) is 6. The number of anilines is 1. The van der Waals surface area contributed by atoms with Crippen LogP contribution in [0, 0.1) is 12.7 Å². The Labute approximate surface area is 208 Å². The van der Waals surface area contributed by atoms with Crippen molar-refractivity contribution in [3.63, 3.8) is 0 Å². The molecule has 0 bridgehead atoms. The van der Waals surface area contributed by atoms with E-state index >= 15 is 0 Å². The highest BCUT2D eigenvalue weighted by molar-refractivity contribution is 8.00. The number of pyridine rings is 2. The third-order valence-electron chi connectivity index (χ3n) is 6.21. The van der Waals surface area contributed by atoms with Gasteiger partial charge in [0.1, 0.15) is 5.82 Å². The summed E-state index contributed by atoms with van der Waals surface area (Å²) in [4.78, 5) is 26.8. The normalized spacial score (nSPS) is 14.3. The fraction of sp³-hybridized carbons (Fsp3) is 0.222. The van der Waals surface area contributed by atoms with E-state index in [1.54, 1.807) is 18.5 Å². The zero-order valence-electron chi connectivity index (χ0n) is 19.4. The highest BCUT2D eigenvalue weighted by Crippen LogP contribution is 2.29. The van der Waals surface area contributed by atoms with Gasteiger partial charge in [0.15, 0.2) is 0 Å². The summed E-state index contributed by atoms with van der Waals surface area (Å²) in [6.07, 6.45) is 3.41. The number of carbonyl (C=O) groups is 1. The fourth-order valence-corrected chi connectivity index (χ4v) is 5.08. The molecule has 0 aliphatic carbocycles. The molecule has 2 aromatic heterocycles. The summed E-state index contributed by atoms with van der Waals surface area (Å²) in [7, 11) is 0. The minimum absolute atomic E-state index is 0.0224. The van der Waals surface area contributed by atoms with E-state index < -0.39 is 0 Å². The maximum absolute atomic E-state index is 13.9. The minimum Gasteiger partial charge on any atom is -0.336 e. The highest BCUT2D eigenvalue weighted by Gasteiger charge is 2.23. The van der Waals surface area contributed by atoms with Gasteiger partial charge in [0.2, 0.25) is 0 Å². The molecule has 1 amide bonds. The lowest BCUT2D eigenvalue weighted by Crippen LogP contribution is -2.48. The van der Waals surface area contributed by atoms with E-state index in [0.717, 1.165) is 27.0 Å². The van der Waals surface area contributed by atoms with Crippen molar-refractivity contribution in [2.45, 2.75) is 18.4 Å². The molecule has 5 rings (SSSR count). The molecular weight excluding hydrogens is 461 g/mol. The van der Waals surface area contributed by atoms with Gasteiger partial charge in [-0.3, -0.25) is 19.7 Å². The smallest absolute Gasteiger partial charge is 0.253 e. The molecule has 0 saturated carbocycles. The van der Waals surface area contributed by atoms with Crippen LogP contribution in [0.1, 0.15) is 21.6 Å². The van der Waals surface area contributed by atoms with Gasteiger partial charge in [0.05, 0.1) is 16.1 Å². The Kier molecular flexibility index (Phi) is 6.92. The largest absolute Gasteiger partial charge is 0.336 e. The van der Waals surface area contributed by atoms with E-state index in [4.69, 9.17) is 0 Å². The number of carbonyl (C=O) groups excluding carboxylic acids is 1. The SMILES string of the molecule is Cc1cc(C(=O)N2CCN(Cc3ncccc3F)CC2)ccc1NSc1cccc2cccnc12. The Balaban J connectivity index is 1.19. The fourth-order valence-electron chi connectivity index (χ4n) is 4.22. The van der Waals surface area contributed by atoms with E-state index in [2.05, 4.69) is 31.7 Å². The number of benzene rings is 2. The molecule has 0 unspecified atom stereocenters. The lowest BCUT2D eigenvalue weighted by Gasteiger charge is -2.34. The lowest BCUT2D eigenvalue weighted by molar-refractivity contribution is 0.0625. The van der Waals surface area contributed by atoms with Crippen molar-refractivity contribution >= 4 is 34.4 Å². The van der Waals surface area contributed by atoms with Gasteiger partial charge in [-0.15, -0.1) is 0 Å². The number of nitrogens with one attached hydrogen (secondary N) is 1. The van der Waals surface area contributed by atoms with E-state index in [-0.39, 0.29) is 11.7 Å². The first-order chi connectivity index (χ1) is 17.1. The molecule has 1 saturated heterocycles. The number of halogens is 1. The number of para-hydroxylation sites is 1. The summed E-state index contributed by atoms with van der Waals surface area (Å²) in [6, 6.07) is 18.9. The van der Waals surface area contributed by atoms with Gasteiger partial charge in [-0.2, -0.15) is 0 Å². The van der Waals surface area contributed by atoms with Crippen molar-refractivity contribution < 1.29 is 9.18 Å². The lowest BCUT2D eigenvalue weighted by atomic mass is 10.1. The van der Waals surface area contributed by atoms with Crippen LogP contribution in [0.3, 0.4) is 0 Å². The predicted octanol–water partition coefficient (Wildman–Crippen LogP) is 5.15. The van der Waals surface area contributed by atoms with Crippen LogP contribution in [-0.4, -0.2) is 51.9 Å².